The maximum Gasteiger partial charge on any atom is 0.300 e. The Balaban J connectivity index is 2.03. The van der Waals surface area contributed by atoms with Gasteiger partial charge in [0.05, 0.1) is 41.4 Å². The lowest BCUT2D eigenvalue weighted by Gasteiger charge is -2.26. The summed E-state index contributed by atoms with van der Waals surface area (Å²) in [7, 11) is 2.82. The first kappa shape index (κ1) is 24.7. The summed E-state index contributed by atoms with van der Waals surface area (Å²) in [6.07, 6.45) is 0. The molecule has 1 heterocycles. The van der Waals surface area contributed by atoms with Crippen molar-refractivity contribution in [3.05, 3.63) is 86.4 Å². The molecule has 1 fully saturated rings. The number of amides is 1. The summed E-state index contributed by atoms with van der Waals surface area (Å²) >= 11 is 18.5. The van der Waals surface area contributed by atoms with Gasteiger partial charge in [-0.15, -0.1) is 0 Å². The van der Waals surface area contributed by atoms with Crippen molar-refractivity contribution in [2.45, 2.75) is 6.04 Å². The lowest BCUT2D eigenvalue weighted by molar-refractivity contribution is -0.132. The number of aliphatic hydroxyl groups is 1. The van der Waals surface area contributed by atoms with E-state index in [1.165, 1.54) is 49.5 Å². The number of aromatic hydroxyl groups is 1. The Labute approximate surface area is 215 Å². The second kappa shape index (κ2) is 9.70. The average Bonchev–Trinajstić information content (AvgIpc) is 3.10. The highest BCUT2D eigenvalue weighted by Crippen LogP contribution is 2.46. The average molecular weight is 535 g/mol. The molecule has 1 atom stereocenters. The van der Waals surface area contributed by atoms with E-state index in [1.54, 1.807) is 24.3 Å². The van der Waals surface area contributed by atoms with E-state index in [-0.39, 0.29) is 37.7 Å². The molecule has 1 aliphatic heterocycles. The molecule has 3 aromatic rings. The molecule has 10 heteroatoms. The number of benzene rings is 3. The van der Waals surface area contributed by atoms with E-state index in [4.69, 9.17) is 44.3 Å². The number of phenolic OH excluding ortho intramolecular Hbond substituents is 1. The summed E-state index contributed by atoms with van der Waals surface area (Å²) in [5.41, 5.74) is 0.499. The van der Waals surface area contributed by atoms with Gasteiger partial charge in [0.1, 0.15) is 23.0 Å². The molecular weight excluding hydrogens is 517 g/mol. The van der Waals surface area contributed by atoms with Gasteiger partial charge in [-0.25, -0.2) is 0 Å². The fraction of sp³-hybridized carbons (Fsp3) is 0.120. The van der Waals surface area contributed by atoms with Gasteiger partial charge in [-0.05, 0) is 42.0 Å². The summed E-state index contributed by atoms with van der Waals surface area (Å²) in [6.45, 7) is 0. The molecule has 1 amide bonds. The number of hydrogen-bond acceptors (Lipinski definition) is 6. The Morgan fingerprint density at radius 2 is 1.69 bits per heavy atom. The van der Waals surface area contributed by atoms with Crippen LogP contribution >= 0.6 is 34.8 Å². The number of carbonyl (C=O) groups excluding carboxylic acids is 2. The van der Waals surface area contributed by atoms with E-state index < -0.39 is 23.5 Å². The molecule has 35 heavy (non-hydrogen) atoms. The zero-order chi connectivity index (χ0) is 25.4. The molecule has 0 spiro atoms. The second-order valence-electron chi connectivity index (χ2n) is 7.55. The van der Waals surface area contributed by atoms with Crippen LogP contribution in [0.25, 0.3) is 5.76 Å². The largest absolute Gasteiger partial charge is 0.507 e. The van der Waals surface area contributed by atoms with Crippen LogP contribution in [-0.4, -0.2) is 36.1 Å². The van der Waals surface area contributed by atoms with Crippen LogP contribution in [0, 0.1) is 0 Å². The molecule has 0 bridgehead atoms. The number of ether oxygens (including phenoxy) is 2. The number of nitrogens with zero attached hydrogens (tertiary/aromatic N) is 1. The number of anilines is 1. The molecule has 0 radical (unpaired) electrons. The fourth-order valence-corrected chi connectivity index (χ4v) is 4.72. The van der Waals surface area contributed by atoms with Gasteiger partial charge in [0.15, 0.2) is 0 Å². The van der Waals surface area contributed by atoms with Crippen LogP contribution in [0.2, 0.25) is 15.1 Å². The highest BCUT2D eigenvalue weighted by atomic mass is 35.5. The van der Waals surface area contributed by atoms with Gasteiger partial charge in [0.2, 0.25) is 0 Å². The summed E-state index contributed by atoms with van der Waals surface area (Å²) < 4.78 is 10.6. The number of carbonyl (C=O) groups is 2. The van der Waals surface area contributed by atoms with E-state index in [1.807, 2.05) is 0 Å². The van der Waals surface area contributed by atoms with E-state index in [0.717, 1.165) is 0 Å². The molecule has 0 aromatic heterocycles. The van der Waals surface area contributed by atoms with Crippen molar-refractivity contribution in [3.63, 3.8) is 0 Å². The molecule has 0 aliphatic carbocycles. The molecule has 0 saturated carbocycles. The van der Waals surface area contributed by atoms with Gasteiger partial charge in [0.25, 0.3) is 11.7 Å². The van der Waals surface area contributed by atoms with Crippen molar-refractivity contribution in [1.82, 2.24) is 0 Å². The quantitative estimate of drug-likeness (QED) is 0.237. The highest BCUT2D eigenvalue weighted by Gasteiger charge is 2.47. The van der Waals surface area contributed by atoms with Gasteiger partial charge in [-0.1, -0.05) is 46.9 Å². The van der Waals surface area contributed by atoms with E-state index in [9.17, 15) is 19.8 Å². The first-order chi connectivity index (χ1) is 16.7. The van der Waals surface area contributed by atoms with Crippen molar-refractivity contribution in [3.8, 4) is 17.2 Å². The fourth-order valence-electron chi connectivity index (χ4n) is 3.96. The molecular formula is C25H18Cl3NO6. The third-order valence-corrected chi connectivity index (χ3v) is 6.33. The number of rotatable bonds is 5. The van der Waals surface area contributed by atoms with Crippen LogP contribution in [0.15, 0.2) is 60.2 Å². The Hall–Kier alpha value is -3.39. The van der Waals surface area contributed by atoms with Crippen molar-refractivity contribution in [1.29, 1.82) is 0 Å². The zero-order valence-electron chi connectivity index (χ0n) is 18.4. The van der Waals surface area contributed by atoms with Gasteiger partial charge < -0.3 is 19.7 Å². The van der Waals surface area contributed by atoms with Crippen molar-refractivity contribution in [2.75, 3.05) is 19.1 Å². The molecule has 7 nitrogen and oxygen atoms in total. The van der Waals surface area contributed by atoms with E-state index in [0.29, 0.717) is 17.0 Å². The third kappa shape index (κ3) is 4.38. The molecule has 1 saturated heterocycles. The summed E-state index contributed by atoms with van der Waals surface area (Å²) in [5, 5.41) is 21.6. The molecule has 4 rings (SSSR count). The normalized spacial score (nSPS) is 17.1. The monoisotopic (exact) mass is 533 g/mol. The van der Waals surface area contributed by atoms with Gasteiger partial charge in [-0.2, -0.15) is 0 Å². The predicted molar refractivity (Wildman–Crippen MR) is 134 cm³/mol. The molecule has 3 aromatic carbocycles. The van der Waals surface area contributed by atoms with Crippen LogP contribution in [0.5, 0.6) is 17.2 Å². The number of Topliss-reactive ketones (excluding diaryl/α,β-unsaturated/α-hetero) is 1. The third-order valence-electron chi connectivity index (χ3n) is 5.53. The number of hydrogen-bond donors (Lipinski definition) is 2. The maximum absolute atomic E-state index is 13.3. The Morgan fingerprint density at radius 1 is 0.943 bits per heavy atom. The van der Waals surface area contributed by atoms with Crippen LogP contribution in [0.3, 0.4) is 0 Å². The van der Waals surface area contributed by atoms with Gasteiger partial charge >= 0.3 is 0 Å². The number of methoxy groups -OCH3 is 2. The first-order valence-electron chi connectivity index (χ1n) is 10.1. The zero-order valence-corrected chi connectivity index (χ0v) is 20.6. The van der Waals surface area contributed by atoms with Crippen LogP contribution in [0.1, 0.15) is 17.2 Å². The topological polar surface area (TPSA) is 96.3 Å². The van der Waals surface area contributed by atoms with Crippen LogP contribution < -0.4 is 14.4 Å². The molecule has 1 aliphatic rings. The van der Waals surface area contributed by atoms with Crippen molar-refractivity contribution in [2.24, 2.45) is 0 Å². The Bertz CT molecular complexity index is 1390. The smallest absolute Gasteiger partial charge is 0.300 e. The molecule has 180 valence electrons. The van der Waals surface area contributed by atoms with Crippen molar-refractivity contribution < 1.29 is 29.3 Å². The summed E-state index contributed by atoms with van der Waals surface area (Å²) in [4.78, 5) is 27.9. The van der Waals surface area contributed by atoms with E-state index >= 15 is 0 Å². The minimum absolute atomic E-state index is 0.00195. The first-order valence-corrected chi connectivity index (χ1v) is 11.3. The molecule has 1 unspecified atom stereocenters. The summed E-state index contributed by atoms with van der Waals surface area (Å²) in [5.74, 6) is -2.03. The minimum atomic E-state index is -1.11. The number of halogens is 3. The standard InChI is InChI=1S/C25H18Cl3NO6/c1-34-15-5-3-4-14(11-15)29-21(12-6-7-19(30)17(27)8-12)20(23(32)25(29)33)22(31)16-9-13(26)10-18(28)24(16)35-2/h3-11,21,30-31H,1-2H3/b22-20+. The predicted octanol–water partition coefficient (Wildman–Crippen LogP) is 6.00. The van der Waals surface area contributed by atoms with E-state index in [2.05, 4.69) is 0 Å². The highest BCUT2D eigenvalue weighted by molar-refractivity contribution is 6.52. The number of aliphatic hydroxyl groups excluding tert-OH is 1. The SMILES string of the molecule is COc1cccc(N2C(=O)C(=O)/C(=C(/O)c3cc(Cl)cc(Cl)c3OC)C2c2ccc(O)c(Cl)c2)c1. The second-order valence-corrected chi connectivity index (χ2v) is 8.80. The lowest BCUT2D eigenvalue weighted by Crippen LogP contribution is -2.29. The molecule has 2 N–H and O–H groups in total. The van der Waals surface area contributed by atoms with Gasteiger partial charge in [-0.3, -0.25) is 14.5 Å². The van der Waals surface area contributed by atoms with Gasteiger partial charge in [0, 0.05) is 16.8 Å². The Kier molecular flexibility index (Phi) is 6.85. The maximum atomic E-state index is 13.3. The minimum Gasteiger partial charge on any atom is -0.507 e. The number of phenols is 1. The Morgan fingerprint density at radius 3 is 2.34 bits per heavy atom. The summed E-state index contributed by atoms with van der Waals surface area (Å²) in [6, 6.07) is 12.5. The lowest BCUT2D eigenvalue weighted by atomic mass is 9.94. The number of ketones is 1. The van der Waals surface area contributed by atoms with Crippen molar-refractivity contribution >= 4 is 57.9 Å². The van der Waals surface area contributed by atoms with Crippen LogP contribution in [-0.2, 0) is 9.59 Å². The van der Waals surface area contributed by atoms with Crippen LogP contribution in [0.4, 0.5) is 5.69 Å².